The fraction of sp³-hybridized carbons (Fsp3) is 0.304. The van der Waals surface area contributed by atoms with E-state index in [9.17, 15) is 18.0 Å². The van der Waals surface area contributed by atoms with Gasteiger partial charge in [-0.25, -0.2) is 28.1 Å². The molecule has 0 aliphatic heterocycles. The van der Waals surface area contributed by atoms with Crippen LogP contribution in [0.5, 0.6) is 5.88 Å². The van der Waals surface area contributed by atoms with Crippen LogP contribution < -0.4 is 4.74 Å². The molecule has 3 rings (SSSR count). The zero-order valence-corrected chi connectivity index (χ0v) is 17.9. The Balaban J connectivity index is 1.77. The molecular formula is C23H23F3N4O2. The maximum atomic E-state index is 14.0. The van der Waals surface area contributed by atoms with Crippen LogP contribution in [0, 0.1) is 5.82 Å². The molecule has 0 saturated heterocycles. The quantitative estimate of drug-likeness (QED) is 0.503. The van der Waals surface area contributed by atoms with Crippen molar-refractivity contribution in [1.29, 1.82) is 0 Å². The normalized spacial score (nSPS) is 12.3. The van der Waals surface area contributed by atoms with Gasteiger partial charge in [0.15, 0.2) is 5.82 Å². The summed E-state index contributed by atoms with van der Waals surface area (Å²) in [4.78, 5) is 27.0. The molecule has 0 bridgehead atoms. The maximum absolute atomic E-state index is 14.0. The minimum Gasteiger partial charge on any atom is -0.475 e. The highest BCUT2D eigenvalue weighted by Crippen LogP contribution is 2.27. The minimum atomic E-state index is -2.99. The molecule has 1 aromatic carbocycles. The van der Waals surface area contributed by atoms with Gasteiger partial charge in [-0.3, -0.25) is 4.79 Å². The summed E-state index contributed by atoms with van der Waals surface area (Å²) in [6.07, 6.45) is 4.14. The van der Waals surface area contributed by atoms with E-state index >= 15 is 0 Å². The van der Waals surface area contributed by atoms with Gasteiger partial charge in [0.1, 0.15) is 12.4 Å². The summed E-state index contributed by atoms with van der Waals surface area (Å²) < 4.78 is 46.2. The Bertz CT molecular complexity index is 1060. The third kappa shape index (κ3) is 5.40. The van der Waals surface area contributed by atoms with Crippen LogP contribution in [0.4, 0.5) is 13.2 Å². The Hall–Kier alpha value is -3.49. The predicted molar refractivity (Wildman–Crippen MR) is 113 cm³/mol. The van der Waals surface area contributed by atoms with Gasteiger partial charge in [-0.05, 0) is 44.2 Å². The van der Waals surface area contributed by atoms with Crippen molar-refractivity contribution in [2.45, 2.75) is 32.7 Å². The zero-order chi connectivity index (χ0) is 23.3. The lowest BCUT2D eigenvalue weighted by molar-refractivity contribution is 0.0169. The molecule has 2 aromatic heterocycles. The predicted octanol–water partition coefficient (Wildman–Crippen LogP) is 4.72. The molecule has 0 spiro atoms. The van der Waals surface area contributed by atoms with E-state index in [2.05, 4.69) is 15.0 Å². The number of hydrogen-bond acceptors (Lipinski definition) is 5. The summed E-state index contributed by atoms with van der Waals surface area (Å²) >= 11 is 0. The van der Waals surface area contributed by atoms with Crippen molar-refractivity contribution in [2.24, 2.45) is 0 Å². The molecule has 0 unspecified atom stereocenters. The average Bonchev–Trinajstić information content (AvgIpc) is 2.78. The smallest absolute Gasteiger partial charge is 0.272 e. The number of carbonyl (C=O) groups is 1. The number of likely N-dealkylation sites (N-methyl/N-ethyl adjacent to an activating group) is 1. The van der Waals surface area contributed by atoms with Gasteiger partial charge >= 0.3 is 0 Å². The van der Waals surface area contributed by atoms with E-state index in [-0.39, 0.29) is 23.6 Å². The van der Waals surface area contributed by atoms with E-state index in [1.54, 1.807) is 32.3 Å². The second-order valence-corrected chi connectivity index (χ2v) is 7.29. The standard InChI is InChI=1S/C23H23F3N4O2/c1-4-30(15(2)14-32-20-9-6-16(13-29-20)23(3,25)26)22(31)19-12-17(24)7-8-18(19)21-27-10-5-11-28-21/h5-13,15H,4,14H2,1-3H3/t15-/m0/s1. The molecule has 0 saturated carbocycles. The van der Waals surface area contributed by atoms with Gasteiger partial charge in [0.05, 0.1) is 11.6 Å². The summed E-state index contributed by atoms with van der Waals surface area (Å²) in [5.41, 5.74) is 0.337. The third-order valence-corrected chi connectivity index (χ3v) is 4.87. The first-order chi connectivity index (χ1) is 15.2. The molecule has 9 heteroatoms. The van der Waals surface area contributed by atoms with Crippen LogP contribution in [-0.2, 0) is 5.92 Å². The molecule has 168 valence electrons. The fourth-order valence-corrected chi connectivity index (χ4v) is 3.16. The van der Waals surface area contributed by atoms with Gasteiger partial charge in [0, 0.05) is 49.3 Å². The van der Waals surface area contributed by atoms with E-state index in [0.717, 1.165) is 19.2 Å². The molecule has 0 N–H and O–H groups in total. The number of pyridine rings is 1. The van der Waals surface area contributed by atoms with Crippen molar-refractivity contribution in [3.63, 3.8) is 0 Å². The molecule has 0 aliphatic rings. The molecule has 0 radical (unpaired) electrons. The monoisotopic (exact) mass is 444 g/mol. The summed E-state index contributed by atoms with van der Waals surface area (Å²) in [6, 6.07) is 7.73. The Morgan fingerprint density at radius 2 is 1.88 bits per heavy atom. The lowest BCUT2D eigenvalue weighted by atomic mass is 10.0. The molecule has 0 fully saturated rings. The Morgan fingerprint density at radius 1 is 1.16 bits per heavy atom. The van der Waals surface area contributed by atoms with Crippen molar-refractivity contribution in [2.75, 3.05) is 13.2 Å². The van der Waals surface area contributed by atoms with Crippen LogP contribution in [-0.4, -0.2) is 45.0 Å². The number of alkyl halides is 2. The van der Waals surface area contributed by atoms with Crippen LogP contribution in [0.3, 0.4) is 0 Å². The van der Waals surface area contributed by atoms with Gasteiger partial charge in [-0.2, -0.15) is 0 Å². The number of hydrogen-bond donors (Lipinski definition) is 0. The average molecular weight is 444 g/mol. The van der Waals surface area contributed by atoms with E-state index in [1.165, 1.54) is 29.2 Å². The number of amides is 1. The molecule has 2 heterocycles. The first kappa shape index (κ1) is 23.2. The van der Waals surface area contributed by atoms with Crippen molar-refractivity contribution >= 4 is 5.91 Å². The fourth-order valence-electron chi connectivity index (χ4n) is 3.16. The van der Waals surface area contributed by atoms with Crippen LogP contribution in [0.1, 0.15) is 36.7 Å². The molecule has 3 aromatic rings. The number of nitrogens with zero attached hydrogens (tertiary/aromatic N) is 4. The van der Waals surface area contributed by atoms with E-state index in [0.29, 0.717) is 17.9 Å². The second-order valence-electron chi connectivity index (χ2n) is 7.29. The largest absolute Gasteiger partial charge is 0.475 e. The zero-order valence-electron chi connectivity index (χ0n) is 17.9. The van der Waals surface area contributed by atoms with Crippen molar-refractivity contribution < 1.29 is 22.7 Å². The lowest BCUT2D eigenvalue weighted by Gasteiger charge is -2.28. The maximum Gasteiger partial charge on any atom is 0.272 e. The van der Waals surface area contributed by atoms with Gasteiger partial charge in [0.25, 0.3) is 11.8 Å². The number of carbonyl (C=O) groups excluding carboxylic acids is 1. The van der Waals surface area contributed by atoms with Crippen LogP contribution in [0.15, 0.2) is 55.0 Å². The Labute approximate surface area is 184 Å². The minimum absolute atomic E-state index is 0.0704. The summed E-state index contributed by atoms with van der Waals surface area (Å²) in [6.45, 7) is 4.76. The molecule has 1 amide bonds. The molecular weight excluding hydrogens is 421 g/mol. The summed E-state index contributed by atoms with van der Waals surface area (Å²) in [5.74, 6) is -3.47. The van der Waals surface area contributed by atoms with Gasteiger partial charge in [-0.15, -0.1) is 0 Å². The van der Waals surface area contributed by atoms with Crippen LogP contribution >= 0.6 is 0 Å². The summed E-state index contributed by atoms with van der Waals surface area (Å²) in [5, 5.41) is 0. The number of aromatic nitrogens is 3. The van der Waals surface area contributed by atoms with Crippen molar-refractivity contribution in [3.05, 3.63) is 71.9 Å². The van der Waals surface area contributed by atoms with Crippen molar-refractivity contribution in [3.8, 4) is 17.3 Å². The lowest BCUT2D eigenvalue weighted by Crippen LogP contribution is -2.42. The molecule has 32 heavy (non-hydrogen) atoms. The first-order valence-corrected chi connectivity index (χ1v) is 10.1. The number of ether oxygens (including phenoxy) is 1. The second kappa shape index (κ2) is 9.76. The van der Waals surface area contributed by atoms with E-state index in [4.69, 9.17) is 4.74 Å². The SMILES string of the molecule is CCN(C(=O)c1cc(F)ccc1-c1ncccn1)[C@@H](C)COc1ccc(C(C)(F)F)cn1. The van der Waals surface area contributed by atoms with Gasteiger partial charge < -0.3 is 9.64 Å². The molecule has 0 aliphatic carbocycles. The number of rotatable bonds is 8. The van der Waals surface area contributed by atoms with E-state index in [1.807, 2.05) is 0 Å². The highest BCUT2D eigenvalue weighted by Gasteiger charge is 2.26. The first-order valence-electron chi connectivity index (χ1n) is 10.1. The van der Waals surface area contributed by atoms with E-state index < -0.39 is 23.7 Å². The number of halogens is 3. The molecule has 6 nitrogen and oxygen atoms in total. The topological polar surface area (TPSA) is 68.2 Å². The van der Waals surface area contributed by atoms with Crippen LogP contribution in [0.2, 0.25) is 0 Å². The van der Waals surface area contributed by atoms with Gasteiger partial charge in [0.2, 0.25) is 5.88 Å². The van der Waals surface area contributed by atoms with Gasteiger partial charge in [-0.1, -0.05) is 0 Å². The number of benzene rings is 1. The highest BCUT2D eigenvalue weighted by molar-refractivity contribution is 6.00. The molecule has 1 atom stereocenters. The third-order valence-electron chi connectivity index (χ3n) is 4.87. The van der Waals surface area contributed by atoms with Crippen LogP contribution in [0.25, 0.3) is 11.4 Å². The highest BCUT2D eigenvalue weighted by atomic mass is 19.3. The Morgan fingerprint density at radius 3 is 2.47 bits per heavy atom. The summed E-state index contributed by atoms with van der Waals surface area (Å²) in [7, 11) is 0. The Kier molecular flexibility index (Phi) is 7.07. The van der Waals surface area contributed by atoms with Crippen molar-refractivity contribution in [1.82, 2.24) is 19.9 Å².